The second-order valence-electron chi connectivity index (χ2n) is 10.4. The summed E-state index contributed by atoms with van der Waals surface area (Å²) in [6.45, 7) is 19.5. The molecule has 5 nitrogen and oxygen atoms in total. The first-order valence-electron chi connectivity index (χ1n) is 10.7. The number of nitrogens with two attached hydrogens (primary N) is 1. The third kappa shape index (κ3) is 3.45. The second-order valence-corrected chi connectivity index (χ2v) is 11.4. The lowest BCUT2D eigenvalue weighted by atomic mass is 9.73. The van der Waals surface area contributed by atoms with E-state index in [1.807, 2.05) is 24.5 Å². The van der Waals surface area contributed by atoms with Gasteiger partial charge in [0.2, 0.25) is 10.7 Å². The fraction of sp³-hybridized carbons (Fsp3) is 0.696. The van der Waals surface area contributed by atoms with Crippen LogP contribution in [0.2, 0.25) is 0 Å². The average molecular weight is 451 g/mol. The SMILES string of the molecule is Cc1ncc(C[n+]2c3sc(c2C2(C)CC2C)C(C)(C)C(C)(C)OCC3C)c(N)n1.[Cl-]. The first-order valence-corrected chi connectivity index (χ1v) is 11.5. The summed E-state index contributed by atoms with van der Waals surface area (Å²) in [5.41, 5.74) is 8.63. The highest BCUT2D eigenvalue weighted by atomic mass is 35.5. The molecule has 3 unspecified atom stereocenters. The molecule has 0 saturated heterocycles. The highest BCUT2D eigenvalue weighted by Gasteiger charge is 2.60. The summed E-state index contributed by atoms with van der Waals surface area (Å²) in [4.78, 5) is 10.3. The van der Waals surface area contributed by atoms with E-state index in [1.54, 1.807) is 0 Å². The van der Waals surface area contributed by atoms with E-state index in [2.05, 4.69) is 63.0 Å². The third-order valence-electron chi connectivity index (χ3n) is 7.69. The Morgan fingerprint density at radius 3 is 2.43 bits per heavy atom. The number of rotatable bonds is 3. The van der Waals surface area contributed by atoms with Crippen LogP contribution in [0.5, 0.6) is 0 Å². The van der Waals surface area contributed by atoms with Gasteiger partial charge < -0.3 is 22.9 Å². The van der Waals surface area contributed by atoms with Gasteiger partial charge in [-0.05, 0) is 47.0 Å². The van der Waals surface area contributed by atoms with Gasteiger partial charge in [0, 0.05) is 11.6 Å². The lowest BCUT2D eigenvalue weighted by Crippen LogP contribution is -3.00. The summed E-state index contributed by atoms with van der Waals surface area (Å²) in [5.74, 6) is 2.31. The van der Waals surface area contributed by atoms with Crippen molar-refractivity contribution in [1.82, 2.24) is 9.97 Å². The van der Waals surface area contributed by atoms with Crippen molar-refractivity contribution in [3.63, 3.8) is 0 Å². The minimum absolute atomic E-state index is 0. The van der Waals surface area contributed by atoms with Crippen LogP contribution < -0.4 is 22.7 Å². The zero-order chi connectivity index (χ0) is 21.4. The van der Waals surface area contributed by atoms with Crippen LogP contribution >= 0.6 is 11.3 Å². The van der Waals surface area contributed by atoms with Crippen molar-refractivity contribution in [2.24, 2.45) is 5.92 Å². The molecule has 0 amide bonds. The van der Waals surface area contributed by atoms with E-state index in [9.17, 15) is 0 Å². The van der Waals surface area contributed by atoms with Gasteiger partial charge in [0.1, 0.15) is 11.6 Å². The molecule has 7 heteroatoms. The van der Waals surface area contributed by atoms with Crippen molar-refractivity contribution in [2.75, 3.05) is 12.3 Å². The maximum atomic E-state index is 6.48. The summed E-state index contributed by atoms with van der Waals surface area (Å²) in [5, 5.41) is 1.37. The monoisotopic (exact) mass is 450 g/mol. The fourth-order valence-electron chi connectivity index (χ4n) is 4.53. The average Bonchev–Trinajstić information content (AvgIpc) is 3.05. The van der Waals surface area contributed by atoms with E-state index in [0.29, 0.717) is 23.5 Å². The maximum Gasteiger partial charge on any atom is 0.243 e. The Balaban J connectivity index is 0.00000256. The van der Waals surface area contributed by atoms with E-state index in [1.165, 1.54) is 22.0 Å². The number of ether oxygens (including phenoxy) is 1. The first-order chi connectivity index (χ1) is 13.4. The molecule has 0 aromatic carbocycles. The molecule has 3 heterocycles. The lowest BCUT2D eigenvalue weighted by molar-refractivity contribution is -0.701. The number of nitrogens with zero attached hydrogens (tertiary/aromatic N) is 3. The molecular weight excluding hydrogens is 416 g/mol. The summed E-state index contributed by atoms with van der Waals surface area (Å²) in [6.07, 6.45) is 3.12. The molecule has 166 valence electrons. The number of aromatic nitrogens is 3. The molecule has 0 spiro atoms. The van der Waals surface area contributed by atoms with Gasteiger partial charge in [-0.1, -0.05) is 32.1 Å². The predicted molar refractivity (Wildman–Crippen MR) is 117 cm³/mol. The molecule has 2 aromatic heterocycles. The van der Waals surface area contributed by atoms with Crippen LogP contribution in [0, 0.1) is 12.8 Å². The van der Waals surface area contributed by atoms with Crippen molar-refractivity contribution in [1.29, 1.82) is 0 Å². The predicted octanol–water partition coefficient (Wildman–Crippen LogP) is 1.26. The highest BCUT2D eigenvalue weighted by molar-refractivity contribution is 7.11. The van der Waals surface area contributed by atoms with Gasteiger partial charge in [0.25, 0.3) is 0 Å². The number of hydrogen-bond acceptors (Lipinski definition) is 5. The Bertz CT molecular complexity index is 970. The number of thiazole rings is 1. The summed E-state index contributed by atoms with van der Waals surface area (Å²) in [7, 11) is 0. The van der Waals surface area contributed by atoms with E-state index >= 15 is 0 Å². The van der Waals surface area contributed by atoms with Gasteiger partial charge in [0.15, 0.2) is 6.54 Å². The molecule has 2 bridgehead atoms. The van der Waals surface area contributed by atoms with Crippen molar-refractivity contribution in [3.8, 4) is 0 Å². The van der Waals surface area contributed by atoms with Crippen molar-refractivity contribution < 1.29 is 21.7 Å². The molecule has 0 radical (unpaired) electrons. The van der Waals surface area contributed by atoms with Crippen LogP contribution in [0.25, 0.3) is 0 Å². The Labute approximate surface area is 190 Å². The Morgan fingerprint density at radius 1 is 1.23 bits per heavy atom. The van der Waals surface area contributed by atoms with Gasteiger partial charge in [0.05, 0.1) is 34.0 Å². The van der Waals surface area contributed by atoms with Crippen LogP contribution in [-0.2, 0) is 22.1 Å². The lowest BCUT2D eigenvalue weighted by Gasteiger charge is -2.41. The highest BCUT2D eigenvalue weighted by Crippen LogP contribution is 2.57. The minimum atomic E-state index is -0.239. The number of aryl methyl sites for hydroxylation is 1. The number of halogens is 1. The van der Waals surface area contributed by atoms with Crippen LogP contribution in [0.4, 0.5) is 5.82 Å². The molecule has 2 N–H and O–H groups in total. The Kier molecular flexibility index (Phi) is 5.79. The van der Waals surface area contributed by atoms with Crippen molar-refractivity contribution in [3.05, 3.63) is 33.2 Å². The maximum absolute atomic E-state index is 6.48. The molecule has 3 atom stereocenters. The van der Waals surface area contributed by atoms with E-state index in [-0.39, 0.29) is 28.8 Å². The van der Waals surface area contributed by atoms with Gasteiger partial charge >= 0.3 is 0 Å². The summed E-state index contributed by atoms with van der Waals surface area (Å²) in [6, 6.07) is 0. The molecule has 1 saturated carbocycles. The molecule has 1 fully saturated rings. The van der Waals surface area contributed by atoms with Gasteiger partial charge in [-0.25, -0.2) is 9.97 Å². The third-order valence-corrected chi connectivity index (χ3v) is 9.43. The van der Waals surface area contributed by atoms with Gasteiger partial charge in [-0.2, -0.15) is 4.57 Å². The zero-order valence-electron chi connectivity index (χ0n) is 19.5. The standard InChI is InChI=1S/C23H35N4OS.ClH/c1-13-12-28-22(6,7)21(4,5)18-17(23(8)9-14(23)2)27(20(13)29-18)11-16-10-25-15(3)26-19(16)24;/h10,13-14H,9,11-12H2,1-8H3,(H2,24,25,26);1H/q+1;/p-1. The molecule has 2 aromatic rings. The number of hydrogen-bond donors (Lipinski definition) is 1. The van der Waals surface area contributed by atoms with Gasteiger partial charge in [-0.15, -0.1) is 0 Å². The largest absolute Gasteiger partial charge is 1.00 e. The van der Waals surface area contributed by atoms with Gasteiger partial charge in [-0.3, -0.25) is 0 Å². The molecule has 1 aliphatic heterocycles. The Morgan fingerprint density at radius 2 is 1.87 bits per heavy atom. The van der Waals surface area contributed by atoms with Crippen molar-refractivity contribution in [2.45, 2.75) is 90.7 Å². The second kappa shape index (κ2) is 7.42. The molecule has 30 heavy (non-hydrogen) atoms. The van der Waals surface area contributed by atoms with Crippen LogP contribution in [0.15, 0.2) is 6.20 Å². The van der Waals surface area contributed by atoms with E-state index in [0.717, 1.165) is 18.7 Å². The van der Waals surface area contributed by atoms with E-state index in [4.69, 9.17) is 10.5 Å². The summed E-state index contributed by atoms with van der Waals surface area (Å²) < 4.78 is 9.01. The quantitative estimate of drug-likeness (QED) is 0.715. The number of anilines is 1. The number of fused-ring (bicyclic) bond motifs is 2. The van der Waals surface area contributed by atoms with Crippen LogP contribution in [-0.4, -0.2) is 22.2 Å². The van der Waals surface area contributed by atoms with E-state index < -0.39 is 0 Å². The molecule has 2 aliphatic rings. The van der Waals surface area contributed by atoms with Crippen LogP contribution in [0.3, 0.4) is 0 Å². The molecular formula is C23H35ClN4OS. The Hall–Kier alpha value is -1.24. The first kappa shape index (κ1) is 23.4. The zero-order valence-corrected chi connectivity index (χ0v) is 21.0. The number of nitrogen functional groups attached to an aromatic ring is 1. The smallest absolute Gasteiger partial charge is 0.243 e. The topological polar surface area (TPSA) is 64.9 Å². The molecule has 4 rings (SSSR count). The van der Waals surface area contributed by atoms with Crippen LogP contribution in [0.1, 0.15) is 87.8 Å². The minimum Gasteiger partial charge on any atom is -1.00 e. The molecule has 1 aliphatic carbocycles. The fourth-order valence-corrected chi connectivity index (χ4v) is 6.21. The normalized spacial score (nSPS) is 28.9. The summed E-state index contributed by atoms with van der Waals surface area (Å²) >= 11 is 1.98. The van der Waals surface area contributed by atoms with Crippen molar-refractivity contribution >= 4 is 17.2 Å².